The van der Waals surface area contributed by atoms with E-state index in [0.717, 1.165) is 0 Å². The average Bonchev–Trinajstić information content (AvgIpc) is 2.72. The Hall–Kier alpha value is -1.69. The van der Waals surface area contributed by atoms with E-state index in [1.807, 2.05) is 0 Å². The van der Waals surface area contributed by atoms with Crippen molar-refractivity contribution in [2.75, 3.05) is 12.4 Å². The normalized spacial score (nSPS) is 10.5. The molecule has 0 aliphatic rings. The highest BCUT2D eigenvalue weighted by atomic mass is 35.5. The van der Waals surface area contributed by atoms with Crippen molar-refractivity contribution >= 4 is 23.2 Å². The third kappa shape index (κ3) is 2.04. The number of rotatable bonds is 3. The molecule has 0 saturated carbocycles. The number of alkyl halides is 1. The summed E-state index contributed by atoms with van der Waals surface area (Å²) in [6, 6.07) is 0. The average molecular weight is 226 g/mol. The first-order valence-corrected chi connectivity index (χ1v) is 4.84. The van der Waals surface area contributed by atoms with Crippen LogP contribution in [0.25, 0.3) is 5.65 Å². The van der Waals surface area contributed by atoms with Crippen LogP contribution in [-0.2, 0) is 0 Å². The van der Waals surface area contributed by atoms with Gasteiger partial charge in [0.2, 0.25) is 0 Å². The number of carbonyl (C=O) groups excluding carboxylic acids is 1. The molecule has 78 valence electrons. The van der Waals surface area contributed by atoms with E-state index in [2.05, 4.69) is 20.5 Å². The van der Waals surface area contributed by atoms with Crippen molar-refractivity contribution in [1.29, 1.82) is 0 Å². The standard InChI is InChI=1S/C8H8ClN5O/c9-1-2-10-8(15)6-4-14-5-12-13-7(14)3-11-6/h3-5H,1-2H2,(H,10,15). The van der Waals surface area contributed by atoms with Crippen LogP contribution in [0.1, 0.15) is 10.5 Å². The van der Waals surface area contributed by atoms with Gasteiger partial charge in [-0.2, -0.15) is 0 Å². The lowest BCUT2D eigenvalue weighted by Crippen LogP contribution is -2.26. The number of nitrogens with zero attached hydrogens (tertiary/aromatic N) is 4. The van der Waals surface area contributed by atoms with Gasteiger partial charge in [-0.1, -0.05) is 0 Å². The van der Waals surface area contributed by atoms with Gasteiger partial charge >= 0.3 is 0 Å². The fourth-order valence-electron chi connectivity index (χ4n) is 1.10. The minimum absolute atomic E-state index is 0.258. The molecule has 2 aromatic heterocycles. The molecule has 0 atom stereocenters. The maximum absolute atomic E-state index is 11.5. The van der Waals surface area contributed by atoms with Gasteiger partial charge in [-0.05, 0) is 0 Å². The lowest BCUT2D eigenvalue weighted by molar-refractivity contribution is 0.0950. The molecule has 1 N–H and O–H groups in total. The number of hydrogen-bond acceptors (Lipinski definition) is 4. The molecule has 0 radical (unpaired) electrons. The van der Waals surface area contributed by atoms with Crippen LogP contribution in [0.4, 0.5) is 0 Å². The topological polar surface area (TPSA) is 72.2 Å². The summed E-state index contributed by atoms with van der Waals surface area (Å²) in [5.41, 5.74) is 0.913. The molecule has 0 saturated heterocycles. The smallest absolute Gasteiger partial charge is 0.271 e. The lowest BCUT2D eigenvalue weighted by Gasteiger charge is -2.01. The van der Waals surface area contributed by atoms with Crippen molar-refractivity contribution in [3.05, 3.63) is 24.4 Å². The number of halogens is 1. The number of nitrogens with one attached hydrogen (secondary N) is 1. The maximum Gasteiger partial charge on any atom is 0.271 e. The second kappa shape index (κ2) is 4.22. The van der Waals surface area contributed by atoms with Gasteiger partial charge in [0.25, 0.3) is 5.91 Å². The molecule has 2 heterocycles. The molecule has 6 nitrogen and oxygen atoms in total. The first-order chi connectivity index (χ1) is 7.31. The van der Waals surface area contributed by atoms with Crippen LogP contribution in [-0.4, -0.2) is 37.9 Å². The molecular formula is C8H8ClN5O. The van der Waals surface area contributed by atoms with Crippen LogP contribution in [0.3, 0.4) is 0 Å². The van der Waals surface area contributed by atoms with Gasteiger partial charge in [-0.3, -0.25) is 9.20 Å². The molecule has 7 heteroatoms. The molecule has 0 spiro atoms. The predicted molar refractivity (Wildman–Crippen MR) is 53.8 cm³/mol. The third-order valence-corrected chi connectivity index (χ3v) is 1.98. The quantitative estimate of drug-likeness (QED) is 0.752. The number of fused-ring (bicyclic) bond motifs is 1. The van der Waals surface area contributed by atoms with Crippen molar-refractivity contribution in [2.45, 2.75) is 0 Å². The summed E-state index contributed by atoms with van der Waals surface area (Å²) in [5.74, 6) is 0.118. The zero-order valence-electron chi connectivity index (χ0n) is 7.72. The molecule has 0 bridgehead atoms. The number of hydrogen-bond donors (Lipinski definition) is 1. The van der Waals surface area contributed by atoms with Gasteiger partial charge in [-0.25, -0.2) is 4.98 Å². The van der Waals surface area contributed by atoms with Crippen molar-refractivity contribution in [3.8, 4) is 0 Å². The molecule has 2 aromatic rings. The van der Waals surface area contributed by atoms with Gasteiger partial charge in [0.1, 0.15) is 12.0 Å². The Labute approximate surface area is 90.3 Å². The Morgan fingerprint density at radius 2 is 2.47 bits per heavy atom. The highest BCUT2D eigenvalue weighted by Crippen LogP contribution is 1.98. The Balaban J connectivity index is 2.23. The molecule has 15 heavy (non-hydrogen) atoms. The van der Waals surface area contributed by atoms with Crippen molar-refractivity contribution in [3.63, 3.8) is 0 Å². The van der Waals surface area contributed by atoms with E-state index < -0.39 is 0 Å². The Bertz CT molecular complexity index is 483. The van der Waals surface area contributed by atoms with Gasteiger partial charge in [-0.15, -0.1) is 21.8 Å². The van der Waals surface area contributed by atoms with Crippen molar-refractivity contribution in [2.24, 2.45) is 0 Å². The molecule has 0 aliphatic carbocycles. The summed E-state index contributed by atoms with van der Waals surface area (Å²) in [6.07, 6.45) is 4.57. The fraction of sp³-hybridized carbons (Fsp3) is 0.250. The molecular weight excluding hydrogens is 218 g/mol. The Kier molecular flexibility index (Phi) is 2.77. The second-order valence-electron chi connectivity index (χ2n) is 2.81. The van der Waals surface area contributed by atoms with Crippen LogP contribution in [0, 0.1) is 0 Å². The molecule has 1 amide bonds. The van der Waals surface area contributed by atoms with Crippen LogP contribution < -0.4 is 5.32 Å². The van der Waals surface area contributed by atoms with E-state index >= 15 is 0 Å². The molecule has 0 unspecified atom stereocenters. The summed E-state index contributed by atoms with van der Waals surface area (Å²) < 4.78 is 1.63. The fourth-order valence-corrected chi connectivity index (χ4v) is 1.20. The Morgan fingerprint density at radius 3 is 3.27 bits per heavy atom. The summed E-state index contributed by atoms with van der Waals surface area (Å²) >= 11 is 5.45. The third-order valence-electron chi connectivity index (χ3n) is 1.79. The van der Waals surface area contributed by atoms with E-state index in [-0.39, 0.29) is 5.91 Å². The first kappa shape index (κ1) is 9.85. The molecule has 0 fully saturated rings. The Morgan fingerprint density at radius 1 is 1.60 bits per heavy atom. The van der Waals surface area contributed by atoms with E-state index in [1.165, 1.54) is 12.5 Å². The van der Waals surface area contributed by atoms with E-state index in [0.29, 0.717) is 23.8 Å². The zero-order chi connectivity index (χ0) is 10.7. The SMILES string of the molecule is O=C(NCCCl)c1cn2cnnc2cn1. The number of aromatic nitrogens is 4. The molecule has 2 rings (SSSR count). The van der Waals surface area contributed by atoms with Gasteiger partial charge in [0, 0.05) is 18.6 Å². The summed E-state index contributed by atoms with van der Waals surface area (Å²) in [6.45, 7) is 0.419. The number of carbonyl (C=O) groups is 1. The minimum Gasteiger partial charge on any atom is -0.349 e. The van der Waals surface area contributed by atoms with Gasteiger partial charge < -0.3 is 5.32 Å². The molecule has 0 aromatic carbocycles. The van der Waals surface area contributed by atoms with Crippen LogP contribution in [0.15, 0.2) is 18.7 Å². The van der Waals surface area contributed by atoms with E-state index in [1.54, 1.807) is 10.6 Å². The van der Waals surface area contributed by atoms with Crippen LogP contribution >= 0.6 is 11.6 Å². The van der Waals surface area contributed by atoms with Crippen molar-refractivity contribution in [1.82, 2.24) is 24.9 Å². The van der Waals surface area contributed by atoms with E-state index in [9.17, 15) is 4.79 Å². The van der Waals surface area contributed by atoms with Gasteiger partial charge in [0.15, 0.2) is 5.65 Å². The highest BCUT2D eigenvalue weighted by molar-refractivity contribution is 6.18. The van der Waals surface area contributed by atoms with Gasteiger partial charge in [0.05, 0.1) is 6.20 Å². The van der Waals surface area contributed by atoms with E-state index in [4.69, 9.17) is 11.6 Å². The molecule has 0 aliphatic heterocycles. The minimum atomic E-state index is -0.258. The summed E-state index contributed by atoms with van der Waals surface area (Å²) in [7, 11) is 0. The monoisotopic (exact) mass is 225 g/mol. The van der Waals surface area contributed by atoms with Crippen LogP contribution in [0.5, 0.6) is 0 Å². The maximum atomic E-state index is 11.5. The predicted octanol–water partition coefficient (Wildman–Crippen LogP) is 0.0929. The largest absolute Gasteiger partial charge is 0.349 e. The zero-order valence-corrected chi connectivity index (χ0v) is 8.48. The van der Waals surface area contributed by atoms with Crippen molar-refractivity contribution < 1.29 is 4.79 Å². The summed E-state index contributed by atoms with van der Waals surface area (Å²) in [5, 5.41) is 10.1. The second-order valence-corrected chi connectivity index (χ2v) is 3.19. The lowest BCUT2D eigenvalue weighted by atomic mass is 10.4. The first-order valence-electron chi connectivity index (χ1n) is 4.31. The summed E-state index contributed by atoms with van der Waals surface area (Å²) in [4.78, 5) is 15.4. The highest BCUT2D eigenvalue weighted by Gasteiger charge is 2.07. The van der Waals surface area contributed by atoms with Crippen LogP contribution in [0.2, 0.25) is 0 Å². The number of amides is 1.